The standard InChI is InChI=1S/C24H18NO2S2/c26-24(25-13-17-9-10-23(29-17)16-11-12-28-15-16)27-14-22-20-7-3-1-5-18(20)19-6-2-4-8-21(19)22/h1-12,22H,13-14H2,(H,25,26). The van der Waals surface area contributed by atoms with Gasteiger partial charge in [0.25, 0.3) is 0 Å². The molecule has 2 aromatic carbocycles. The highest BCUT2D eigenvalue weighted by atomic mass is 32.1. The van der Waals surface area contributed by atoms with Crippen molar-refractivity contribution in [3.63, 3.8) is 0 Å². The Morgan fingerprint density at radius 3 is 2.38 bits per heavy atom. The molecule has 0 spiro atoms. The first-order valence-corrected chi connectivity index (χ1v) is 11.1. The molecule has 1 amide bonds. The highest BCUT2D eigenvalue weighted by Crippen LogP contribution is 2.44. The van der Waals surface area contributed by atoms with Gasteiger partial charge in [-0.15, -0.1) is 22.7 Å². The smallest absolute Gasteiger partial charge is 0.407 e. The second-order valence-electron chi connectivity index (χ2n) is 6.88. The van der Waals surface area contributed by atoms with Crippen LogP contribution in [-0.2, 0) is 11.3 Å². The first-order valence-electron chi connectivity index (χ1n) is 9.43. The quantitative estimate of drug-likeness (QED) is 0.414. The molecule has 5 heteroatoms. The average molecular weight is 417 g/mol. The van der Waals surface area contributed by atoms with Crippen LogP contribution in [-0.4, -0.2) is 12.7 Å². The number of carbonyl (C=O) groups excluding carboxylic acids is 1. The number of nitrogens with one attached hydrogen (secondary N) is 1. The summed E-state index contributed by atoms with van der Waals surface area (Å²) in [5.41, 5.74) is 6.00. The minimum absolute atomic E-state index is 0.0793. The number of carbonyl (C=O) groups is 1. The molecule has 4 aromatic rings. The second kappa shape index (κ2) is 7.85. The first-order chi connectivity index (χ1) is 14.3. The predicted molar refractivity (Wildman–Crippen MR) is 118 cm³/mol. The summed E-state index contributed by atoms with van der Waals surface area (Å²) in [4.78, 5) is 14.6. The van der Waals surface area contributed by atoms with Gasteiger partial charge >= 0.3 is 6.09 Å². The number of amides is 1. The fourth-order valence-electron chi connectivity index (χ4n) is 3.79. The Bertz CT molecular complexity index is 1100. The van der Waals surface area contributed by atoms with Crippen molar-refractivity contribution in [3.05, 3.63) is 93.5 Å². The van der Waals surface area contributed by atoms with Gasteiger partial charge in [0.1, 0.15) is 6.61 Å². The van der Waals surface area contributed by atoms with Crippen LogP contribution in [0.4, 0.5) is 4.79 Å². The van der Waals surface area contributed by atoms with E-state index in [1.165, 1.54) is 22.3 Å². The minimum Gasteiger partial charge on any atom is -0.449 e. The number of alkyl carbamates (subject to hydrolysis) is 1. The third-order valence-electron chi connectivity index (χ3n) is 5.15. The Morgan fingerprint density at radius 2 is 1.69 bits per heavy atom. The highest BCUT2D eigenvalue weighted by molar-refractivity contribution is 7.16. The lowest BCUT2D eigenvalue weighted by atomic mass is 9.98. The number of fused-ring (bicyclic) bond motifs is 3. The van der Waals surface area contributed by atoms with Crippen molar-refractivity contribution in [1.29, 1.82) is 0 Å². The van der Waals surface area contributed by atoms with Gasteiger partial charge in [-0.2, -0.15) is 0 Å². The zero-order valence-electron chi connectivity index (χ0n) is 15.6. The van der Waals surface area contributed by atoms with Crippen LogP contribution in [0.1, 0.15) is 21.9 Å². The summed E-state index contributed by atoms with van der Waals surface area (Å²) < 4.78 is 5.59. The summed E-state index contributed by atoms with van der Waals surface area (Å²) in [5, 5.41) is 8.13. The molecule has 0 saturated heterocycles. The van der Waals surface area contributed by atoms with Crippen LogP contribution in [0.25, 0.3) is 21.6 Å². The molecule has 143 valence electrons. The van der Waals surface area contributed by atoms with E-state index in [0.717, 1.165) is 15.3 Å². The van der Waals surface area contributed by atoms with Crippen molar-refractivity contribution >= 4 is 28.8 Å². The molecule has 0 unspecified atom stereocenters. The average Bonchev–Trinajstić information content (AvgIpc) is 3.50. The fraction of sp³-hybridized carbons (Fsp3) is 0.125. The molecule has 29 heavy (non-hydrogen) atoms. The van der Waals surface area contributed by atoms with Crippen molar-refractivity contribution in [3.8, 4) is 21.6 Å². The van der Waals surface area contributed by atoms with E-state index < -0.39 is 0 Å². The molecular formula is C24H18NO2S2. The largest absolute Gasteiger partial charge is 0.449 e. The van der Waals surface area contributed by atoms with Crippen LogP contribution in [0.5, 0.6) is 0 Å². The Hall–Kier alpha value is -2.89. The Kier molecular flexibility index (Phi) is 4.92. The molecule has 3 nitrogen and oxygen atoms in total. The van der Waals surface area contributed by atoms with Gasteiger partial charge in [-0.3, -0.25) is 0 Å². The van der Waals surface area contributed by atoms with E-state index in [1.54, 1.807) is 22.7 Å². The Morgan fingerprint density at radius 1 is 0.966 bits per heavy atom. The van der Waals surface area contributed by atoms with Crippen LogP contribution in [0, 0.1) is 5.38 Å². The maximum atomic E-state index is 12.3. The summed E-state index contributed by atoms with van der Waals surface area (Å²) in [7, 11) is 0. The molecule has 2 heterocycles. The van der Waals surface area contributed by atoms with Crippen LogP contribution < -0.4 is 5.32 Å². The van der Waals surface area contributed by atoms with Gasteiger partial charge in [0.15, 0.2) is 0 Å². The third kappa shape index (κ3) is 3.59. The lowest BCUT2D eigenvalue weighted by Crippen LogP contribution is -2.25. The second-order valence-corrected chi connectivity index (χ2v) is 8.76. The van der Waals surface area contributed by atoms with Gasteiger partial charge in [0.2, 0.25) is 0 Å². The Balaban J connectivity index is 1.21. The minimum atomic E-state index is -0.385. The third-order valence-corrected chi connectivity index (χ3v) is 6.88. The van der Waals surface area contributed by atoms with Crippen molar-refractivity contribution in [2.75, 3.05) is 6.61 Å². The normalized spacial score (nSPS) is 12.4. The Labute approximate surface area is 177 Å². The molecule has 5 rings (SSSR count). The fourth-order valence-corrected chi connectivity index (χ4v) is 5.36. The topological polar surface area (TPSA) is 38.3 Å². The number of hydrogen-bond donors (Lipinski definition) is 1. The molecule has 0 aliphatic heterocycles. The number of benzene rings is 2. The van der Waals surface area contributed by atoms with E-state index >= 15 is 0 Å². The van der Waals surface area contributed by atoms with Crippen LogP contribution in [0.3, 0.4) is 0 Å². The van der Waals surface area contributed by atoms with Gasteiger partial charge < -0.3 is 10.1 Å². The van der Waals surface area contributed by atoms with Gasteiger partial charge in [-0.25, -0.2) is 4.79 Å². The van der Waals surface area contributed by atoms with E-state index in [9.17, 15) is 4.79 Å². The maximum Gasteiger partial charge on any atom is 0.407 e. The zero-order chi connectivity index (χ0) is 19.6. The van der Waals surface area contributed by atoms with E-state index in [0.29, 0.717) is 13.2 Å². The molecule has 1 N–H and O–H groups in total. The summed E-state index contributed by atoms with van der Waals surface area (Å²) >= 11 is 3.23. The number of thiophene rings is 2. The van der Waals surface area contributed by atoms with Gasteiger partial charge in [-0.1, -0.05) is 48.5 Å². The molecule has 0 fully saturated rings. The maximum absolute atomic E-state index is 12.3. The molecule has 0 atom stereocenters. The highest BCUT2D eigenvalue weighted by Gasteiger charge is 2.28. The molecule has 1 radical (unpaired) electrons. The lowest BCUT2D eigenvalue weighted by Gasteiger charge is -2.14. The van der Waals surface area contributed by atoms with Gasteiger partial charge in [0, 0.05) is 21.2 Å². The molecule has 1 aliphatic rings. The molecule has 1 aliphatic carbocycles. The summed E-state index contributed by atoms with van der Waals surface area (Å²) in [6.07, 6.45) is -0.385. The predicted octanol–water partition coefficient (Wildman–Crippen LogP) is 6.32. The van der Waals surface area contributed by atoms with Crippen LogP contribution in [0.2, 0.25) is 0 Å². The van der Waals surface area contributed by atoms with Crippen molar-refractivity contribution in [2.45, 2.75) is 12.5 Å². The van der Waals surface area contributed by atoms with Crippen LogP contribution >= 0.6 is 22.7 Å². The van der Waals surface area contributed by atoms with E-state index in [4.69, 9.17) is 4.74 Å². The molecule has 0 bridgehead atoms. The first kappa shape index (κ1) is 18.2. The van der Waals surface area contributed by atoms with Crippen molar-refractivity contribution in [1.82, 2.24) is 5.32 Å². The lowest BCUT2D eigenvalue weighted by molar-refractivity contribution is 0.142. The zero-order valence-corrected chi connectivity index (χ0v) is 17.2. The van der Waals surface area contributed by atoms with E-state index in [-0.39, 0.29) is 12.0 Å². The SMILES string of the molecule is O=C(NCc1ccc(-c2[c]scc2)s1)OCC1c2ccccc2-c2ccccc21. The van der Waals surface area contributed by atoms with Crippen molar-refractivity contribution < 1.29 is 9.53 Å². The number of rotatable bonds is 5. The molecule has 2 aromatic heterocycles. The molecule has 0 saturated carbocycles. The molecular weight excluding hydrogens is 398 g/mol. The summed E-state index contributed by atoms with van der Waals surface area (Å²) in [6.45, 7) is 0.797. The van der Waals surface area contributed by atoms with E-state index in [2.05, 4.69) is 59.2 Å². The van der Waals surface area contributed by atoms with Gasteiger partial charge in [-0.05, 0) is 45.8 Å². The summed E-state index contributed by atoms with van der Waals surface area (Å²) in [5.74, 6) is 0.0793. The number of ether oxygens (including phenoxy) is 1. The van der Waals surface area contributed by atoms with Gasteiger partial charge in [0.05, 0.1) is 11.9 Å². The monoisotopic (exact) mass is 416 g/mol. The van der Waals surface area contributed by atoms with E-state index in [1.807, 2.05) is 23.6 Å². The van der Waals surface area contributed by atoms with Crippen LogP contribution in [0.15, 0.2) is 72.1 Å². The number of hydrogen-bond acceptors (Lipinski definition) is 4. The summed E-state index contributed by atoms with van der Waals surface area (Å²) in [6, 6.07) is 22.8. The van der Waals surface area contributed by atoms with Crippen molar-refractivity contribution in [2.24, 2.45) is 0 Å².